The molecular weight excluding hydrogens is 398 g/mol. The van der Waals surface area contributed by atoms with Gasteiger partial charge in [-0.2, -0.15) is 0 Å². The third kappa shape index (κ3) is 3.84. The number of nitrogens with two attached hydrogens (primary N) is 1. The molecular formula is C18H17N5O3S2. The van der Waals surface area contributed by atoms with E-state index < -0.39 is 10.0 Å². The summed E-state index contributed by atoms with van der Waals surface area (Å²) < 4.78 is 24.3. The highest BCUT2D eigenvalue weighted by Gasteiger charge is 2.12. The van der Waals surface area contributed by atoms with Crippen LogP contribution in [0, 0.1) is 0 Å². The first-order valence-electron chi connectivity index (χ1n) is 8.40. The summed E-state index contributed by atoms with van der Waals surface area (Å²) in [5, 5.41) is 23.1. The fraction of sp³-hybridized carbons (Fsp3) is 0.111. The van der Waals surface area contributed by atoms with Gasteiger partial charge in [0.25, 0.3) is 0 Å². The lowest BCUT2D eigenvalue weighted by Crippen LogP contribution is -2.12. The Morgan fingerprint density at radius 2 is 1.82 bits per heavy atom. The van der Waals surface area contributed by atoms with Crippen LogP contribution in [0.4, 0.5) is 5.13 Å². The van der Waals surface area contributed by atoms with E-state index in [1.807, 2.05) is 12.1 Å². The topological polar surface area (TPSA) is 123 Å². The fourth-order valence-corrected chi connectivity index (χ4v) is 4.07. The summed E-state index contributed by atoms with van der Waals surface area (Å²) in [5.41, 5.74) is 2.75. The Hall–Kier alpha value is -2.95. The van der Waals surface area contributed by atoms with Crippen molar-refractivity contribution in [1.29, 1.82) is 0 Å². The maximum atomic E-state index is 11.3. The van der Waals surface area contributed by atoms with Crippen LogP contribution in [0.2, 0.25) is 0 Å². The van der Waals surface area contributed by atoms with Gasteiger partial charge in [-0.1, -0.05) is 23.5 Å². The second-order valence-corrected chi connectivity index (χ2v) is 8.68. The van der Waals surface area contributed by atoms with Gasteiger partial charge < -0.3 is 10.4 Å². The molecule has 28 heavy (non-hydrogen) atoms. The molecule has 0 unspecified atom stereocenters. The van der Waals surface area contributed by atoms with Gasteiger partial charge in [0.2, 0.25) is 20.1 Å². The summed E-state index contributed by atoms with van der Waals surface area (Å²) >= 11 is 1.44. The number of nitrogens with one attached hydrogen (secondary N) is 1. The van der Waals surface area contributed by atoms with Crippen molar-refractivity contribution < 1.29 is 13.5 Å². The van der Waals surface area contributed by atoms with E-state index in [0.717, 1.165) is 26.9 Å². The number of rotatable bonds is 6. The average Bonchev–Trinajstić information content (AvgIpc) is 3.23. The van der Waals surface area contributed by atoms with E-state index >= 15 is 0 Å². The summed E-state index contributed by atoms with van der Waals surface area (Å²) in [5.74, 6) is 0.210. The van der Waals surface area contributed by atoms with Crippen molar-refractivity contribution in [2.45, 2.75) is 11.3 Å². The second-order valence-electron chi connectivity index (χ2n) is 6.16. The average molecular weight is 416 g/mol. The van der Waals surface area contributed by atoms with Gasteiger partial charge in [-0.05, 0) is 48.4 Å². The standard InChI is InChI=1S/C18H17N5O3S2/c19-28(25,26)15-7-1-12(2-8-15)9-10-20-17-22-23-16(11-21-18(23)27-17)13-3-5-14(24)6-4-13/h1-8,11,24H,9-10H2,(H,20,22)(H2,19,25,26). The maximum Gasteiger partial charge on any atom is 0.238 e. The molecule has 0 aliphatic heterocycles. The van der Waals surface area contributed by atoms with Crippen molar-refractivity contribution in [3.63, 3.8) is 0 Å². The lowest BCUT2D eigenvalue weighted by atomic mass is 10.1. The van der Waals surface area contributed by atoms with Crippen LogP contribution in [0.1, 0.15) is 5.56 Å². The van der Waals surface area contributed by atoms with Crippen LogP contribution >= 0.6 is 11.3 Å². The van der Waals surface area contributed by atoms with Gasteiger partial charge in [0.1, 0.15) is 5.75 Å². The summed E-state index contributed by atoms with van der Waals surface area (Å²) in [6.07, 6.45) is 2.46. The van der Waals surface area contributed by atoms with Crippen LogP contribution < -0.4 is 10.5 Å². The summed E-state index contributed by atoms with van der Waals surface area (Å²) in [4.78, 5) is 5.26. The van der Waals surface area contributed by atoms with Crippen molar-refractivity contribution in [2.75, 3.05) is 11.9 Å². The number of aromatic hydroxyl groups is 1. The number of hydrogen-bond acceptors (Lipinski definition) is 7. The first-order valence-corrected chi connectivity index (χ1v) is 10.8. The van der Waals surface area contributed by atoms with Gasteiger partial charge in [-0.15, -0.1) is 5.10 Å². The third-order valence-corrected chi connectivity index (χ3v) is 6.00. The van der Waals surface area contributed by atoms with Gasteiger partial charge in [0.05, 0.1) is 16.8 Å². The zero-order valence-electron chi connectivity index (χ0n) is 14.6. The monoisotopic (exact) mass is 415 g/mol. The first kappa shape index (κ1) is 18.4. The zero-order chi connectivity index (χ0) is 19.7. The molecule has 2 aromatic heterocycles. The summed E-state index contributed by atoms with van der Waals surface area (Å²) in [6, 6.07) is 13.4. The summed E-state index contributed by atoms with van der Waals surface area (Å²) in [6.45, 7) is 0.639. The van der Waals surface area contributed by atoms with E-state index in [-0.39, 0.29) is 10.6 Å². The highest BCUT2D eigenvalue weighted by atomic mass is 32.2. The van der Waals surface area contributed by atoms with E-state index in [1.54, 1.807) is 35.0 Å². The Balaban J connectivity index is 1.43. The number of hydrogen-bond donors (Lipinski definition) is 3. The lowest BCUT2D eigenvalue weighted by molar-refractivity contribution is 0.475. The number of imidazole rings is 1. The molecule has 0 saturated heterocycles. The molecule has 0 saturated carbocycles. The molecule has 4 rings (SSSR count). The van der Waals surface area contributed by atoms with Gasteiger partial charge in [-0.25, -0.2) is 23.1 Å². The number of phenolic OH excluding ortho intramolecular Hbond substituents is 1. The Kier molecular flexibility index (Phi) is 4.75. The van der Waals surface area contributed by atoms with E-state index in [9.17, 15) is 13.5 Å². The predicted octanol–water partition coefficient (Wildman–Crippen LogP) is 2.47. The smallest absolute Gasteiger partial charge is 0.238 e. The summed E-state index contributed by atoms with van der Waals surface area (Å²) in [7, 11) is -3.67. The number of nitrogens with zero attached hydrogens (tertiary/aromatic N) is 3. The lowest BCUT2D eigenvalue weighted by Gasteiger charge is -2.04. The molecule has 0 aliphatic carbocycles. The number of anilines is 1. The molecule has 10 heteroatoms. The van der Waals surface area contributed by atoms with E-state index in [2.05, 4.69) is 15.4 Å². The van der Waals surface area contributed by atoms with Gasteiger partial charge in [0, 0.05) is 12.1 Å². The highest BCUT2D eigenvalue weighted by molar-refractivity contribution is 7.89. The van der Waals surface area contributed by atoms with E-state index in [0.29, 0.717) is 13.0 Å². The molecule has 0 radical (unpaired) electrons. The van der Waals surface area contributed by atoms with Gasteiger partial charge in [-0.3, -0.25) is 0 Å². The fourth-order valence-electron chi connectivity index (χ4n) is 2.75. The number of primary sulfonamides is 1. The first-order chi connectivity index (χ1) is 13.4. The highest BCUT2D eigenvalue weighted by Crippen LogP contribution is 2.27. The van der Waals surface area contributed by atoms with Crippen LogP contribution in [0.15, 0.2) is 59.6 Å². The number of benzene rings is 2. The number of aromatic nitrogens is 3. The molecule has 0 spiro atoms. The van der Waals surface area contributed by atoms with Crippen LogP contribution in [-0.4, -0.2) is 34.7 Å². The Labute approximate surface area is 165 Å². The molecule has 0 atom stereocenters. The number of sulfonamides is 1. The van der Waals surface area contributed by atoms with Crippen LogP contribution in [0.5, 0.6) is 5.75 Å². The molecule has 8 nitrogen and oxygen atoms in total. The van der Waals surface area contributed by atoms with Crippen LogP contribution in [-0.2, 0) is 16.4 Å². The molecule has 0 bridgehead atoms. The van der Waals surface area contributed by atoms with Gasteiger partial charge in [0.15, 0.2) is 0 Å². The van der Waals surface area contributed by atoms with Crippen molar-refractivity contribution >= 4 is 31.5 Å². The minimum absolute atomic E-state index is 0.104. The van der Waals surface area contributed by atoms with Crippen molar-refractivity contribution in [2.24, 2.45) is 5.14 Å². The molecule has 2 aromatic carbocycles. The van der Waals surface area contributed by atoms with Crippen LogP contribution in [0.25, 0.3) is 16.2 Å². The Bertz CT molecular complexity index is 1210. The van der Waals surface area contributed by atoms with Crippen LogP contribution in [0.3, 0.4) is 0 Å². The minimum Gasteiger partial charge on any atom is -0.508 e. The molecule has 0 aliphatic rings. The predicted molar refractivity (Wildman–Crippen MR) is 108 cm³/mol. The molecule has 4 N–H and O–H groups in total. The van der Waals surface area contributed by atoms with Crippen molar-refractivity contribution in [3.8, 4) is 17.0 Å². The molecule has 0 amide bonds. The Morgan fingerprint density at radius 1 is 1.11 bits per heavy atom. The van der Waals surface area contributed by atoms with Crippen molar-refractivity contribution in [3.05, 3.63) is 60.3 Å². The second kappa shape index (κ2) is 7.23. The SMILES string of the molecule is NS(=O)(=O)c1ccc(CCNc2nn3c(-c4ccc(O)cc4)cnc3s2)cc1. The quantitative estimate of drug-likeness (QED) is 0.445. The molecule has 2 heterocycles. The van der Waals surface area contributed by atoms with E-state index in [4.69, 9.17) is 5.14 Å². The molecule has 4 aromatic rings. The van der Waals surface area contributed by atoms with Crippen molar-refractivity contribution in [1.82, 2.24) is 14.6 Å². The normalized spacial score (nSPS) is 11.8. The molecule has 0 fully saturated rings. The number of fused-ring (bicyclic) bond motifs is 1. The van der Waals surface area contributed by atoms with E-state index in [1.165, 1.54) is 23.5 Å². The largest absolute Gasteiger partial charge is 0.508 e. The maximum absolute atomic E-state index is 11.3. The zero-order valence-corrected chi connectivity index (χ0v) is 16.2. The molecule has 144 valence electrons. The Morgan fingerprint density at radius 3 is 2.50 bits per heavy atom. The number of phenols is 1. The van der Waals surface area contributed by atoms with Gasteiger partial charge >= 0.3 is 0 Å². The minimum atomic E-state index is -3.67. The third-order valence-electron chi connectivity index (χ3n) is 4.19.